The minimum Gasteiger partial charge on any atom is -0.501 e. The van der Waals surface area contributed by atoms with Crippen molar-refractivity contribution in [3.63, 3.8) is 0 Å². The first kappa shape index (κ1) is 11.5. The number of nitrogens with zero attached hydrogens (tertiary/aromatic N) is 2. The molecule has 0 atom stereocenters. The van der Waals surface area contributed by atoms with E-state index in [2.05, 4.69) is 9.98 Å². The Hall–Kier alpha value is -1.97. The van der Waals surface area contributed by atoms with Crippen molar-refractivity contribution in [2.45, 2.75) is 13.3 Å². The van der Waals surface area contributed by atoms with Crippen LogP contribution in [0.25, 0.3) is 0 Å². The van der Waals surface area contributed by atoms with Gasteiger partial charge in [-0.3, -0.25) is 14.8 Å². The van der Waals surface area contributed by atoms with E-state index in [1.807, 2.05) is 12.1 Å². The van der Waals surface area contributed by atoms with E-state index in [0.29, 0.717) is 12.1 Å². The molecule has 1 aromatic rings. The van der Waals surface area contributed by atoms with E-state index >= 15 is 0 Å². The number of aliphatic imine (C=N–C) groups is 1. The first-order valence-electron chi connectivity index (χ1n) is 5.47. The minimum absolute atomic E-state index is 0.0164. The van der Waals surface area contributed by atoms with Crippen molar-refractivity contribution in [1.29, 1.82) is 0 Å². The van der Waals surface area contributed by atoms with Crippen molar-refractivity contribution in [3.8, 4) is 0 Å². The van der Waals surface area contributed by atoms with Gasteiger partial charge in [0.1, 0.15) is 0 Å². The number of ketones is 1. The SMILES string of the molecule is COC1=CC(c2ccc(C(C)=O)cn2)=NCC1. The smallest absolute Gasteiger partial charge is 0.161 e. The molecule has 0 N–H and O–H groups in total. The second kappa shape index (κ2) is 4.91. The number of aromatic nitrogens is 1. The predicted molar refractivity (Wildman–Crippen MR) is 65.4 cm³/mol. The van der Waals surface area contributed by atoms with Gasteiger partial charge in [0.2, 0.25) is 0 Å². The second-order valence-corrected chi connectivity index (χ2v) is 3.82. The normalized spacial score (nSPS) is 14.9. The van der Waals surface area contributed by atoms with Crippen LogP contribution in [-0.4, -0.2) is 30.1 Å². The van der Waals surface area contributed by atoms with Crippen LogP contribution in [0.4, 0.5) is 0 Å². The molecule has 0 spiro atoms. The third-order valence-corrected chi connectivity index (χ3v) is 2.63. The number of allylic oxidation sites excluding steroid dienone is 1. The van der Waals surface area contributed by atoms with Gasteiger partial charge < -0.3 is 4.74 Å². The van der Waals surface area contributed by atoms with Crippen LogP contribution in [0.2, 0.25) is 0 Å². The lowest BCUT2D eigenvalue weighted by molar-refractivity contribution is 0.101. The van der Waals surface area contributed by atoms with E-state index in [1.165, 1.54) is 6.92 Å². The molecule has 2 rings (SSSR count). The summed E-state index contributed by atoms with van der Waals surface area (Å²) in [6.45, 7) is 2.24. The zero-order valence-corrected chi connectivity index (χ0v) is 9.93. The Balaban J connectivity index is 2.26. The summed E-state index contributed by atoms with van der Waals surface area (Å²) in [6.07, 6.45) is 4.29. The summed E-state index contributed by atoms with van der Waals surface area (Å²) in [5.74, 6) is 0.926. The van der Waals surface area contributed by atoms with Gasteiger partial charge in [0.25, 0.3) is 0 Å². The third kappa shape index (κ3) is 2.58. The molecule has 0 amide bonds. The van der Waals surface area contributed by atoms with Gasteiger partial charge in [-0.2, -0.15) is 0 Å². The van der Waals surface area contributed by atoms with Crippen LogP contribution in [0.3, 0.4) is 0 Å². The van der Waals surface area contributed by atoms with E-state index in [4.69, 9.17) is 4.74 Å². The average Bonchev–Trinajstić information content (AvgIpc) is 2.39. The maximum atomic E-state index is 11.1. The molecule has 1 aliphatic heterocycles. The lowest BCUT2D eigenvalue weighted by Crippen LogP contribution is -2.09. The minimum atomic E-state index is 0.0164. The van der Waals surface area contributed by atoms with E-state index in [1.54, 1.807) is 19.4 Å². The Morgan fingerprint density at radius 3 is 2.82 bits per heavy atom. The summed E-state index contributed by atoms with van der Waals surface area (Å²) in [5, 5.41) is 0. The van der Waals surface area contributed by atoms with Crippen LogP contribution < -0.4 is 0 Å². The van der Waals surface area contributed by atoms with Crippen LogP contribution >= 0.6 is 0 Å². The molecule has 4 heteroatoms. The van der Waals surface area contributed by atoms with Gasteiger partial charge in [0, 0.05) is 30.8 Å². The summed E-state index contributed by atoms with van der Waals surface area (Å²) < 4.78 is 5.20. The summed E-state index contributed by atoms with van der Waals surface area (Å²) in [4.78, 5) is 19.8. The Bertz CT molecular complexity index is 487. The summed E-state index contributed by atoms with van der Waals surface area (Å²) in [5.41, 5.74) is 2.19. The number of pyridine rings is 1. The highest BCUT2D eigenvalue weighted by Crippen LogP contribution is 2.13. The molecule has 0 bridgehead atoms. The van der Waals surface area contributed by atoms with Crippen molar-refractivity contribution in [2.24, 2.45) is 4.99 Å². The molecule has 2 heterocycles. The largest absolute Gasteiger partial charge is 0.501 e. The van der Waals surface area contributed by atoms with E-state index in [9.17, 15) is 4.79 Å². The average molecular weight is 230 g/mol. The molecule has 1 aliphatic rings. The quantitative estimate of drug-likeness (QED) is 0.746. The number of dihydropyridines is 1. The molecule has 4 nitrogen and oxygen atoms in total. The molecule has 0 aliphatic carbocycles. The maximum absolute atomic E-state index is 11.1. The summed E-state index contributed by atoms with van der Waals surface area (Å²) >= 11 is 0. The predicted octanol–water partition coefficient (Wildman–Crippen LogP) is 2.01. The maximum Gasteiger partial charge on any atom is 0.161 e. The highest BCUT2D eigenvalue weighted by atomic mass is 16.5. The highest BCUT2D eigenvalue weighted by molar-refractivity contribution is 6.08. The van der Waals surface area contributed by atoms with E-state index in [-0.39, 0.29) is 5.78 Å². The van der Waals surface area contributed by atoms with Crippen LogP contribution in [0.5, 0.6) is 0 Å². The van der Waals surface area contributed by atoms with Crippen molar-refractivity contribution >= 4 is 11.5 Å². The molecule has 0 saturated carbocycles. The molecule has 88 valence electrons. The molecule has 0 aromatic carbocycles. The van der Waals surface area contributed by atoms with Crippen LogP contribution in [-0.2, 0) is 4.74 Å². The zero-order valence-electron chi connectivity index (χ0n) is 9.93. The van der Waals surface area contributed by atoms with Crippen molar-refractivity contribution < 1.29 is 9.53 Å². The van der Waals surface area contributed by atoms with E-state index < -0.39 is 0 Å². The highest BCUT2D eigenvalue weighted by Gasteiger charge is 2.10. The Morgan fingerprint density at radius 2 is 2.24 bits per heavy atom. The molecule has 0 radical (unpaired) electrons. The topological polar surface area (TPSA) is 51.5 Å². The van der Waals surface area contributed by atoms with Gasteiger partial charge in [-0.25, -0.2) is 0 Å². The fourth-order valence-electron chi connectivity index (χ4n) is 1.63. The van der Waals surface area contributed by atoms with Gasteiger partial charge >= 0.3 is 0 Å². The van der Waals surface area contributed by atoms with Gasteiger partial charge in [-0.05, 0) is 19.1 Å². The Morgan fingerprint density at radius 1 is 1.41 bits per heavy atom. The van der Waals surface area contributed by atoms with Crippen molar-refractivity contribution in [1.82, 2.24) is 4.98 Å². The number of ether oxygens (including phenoxy) is 1. The molecule has 0 saturated heterocycles. The first-order valence-corrected chi connectivity index (χ1v) is 5.47. The third-order valence-electron chi connectivity index (χ3n) is 2.63. The molecule has 1 aromatic heterocycles. The zero-order chi connectivity index (χ0) is 12.3. The lowest BCUT2D eigenvalue weighted by Gasteiger charge is -2.11. The van der Waals surface area contributed by atoms with Gasteiger partial charge in [-0.15, -0.1) is 0 Å². The van der Waals surface area contributed by atoms with E-state index in [0.717, 1.165) is 23.6 Å². The van der Waals surface area contributed by atoms with Crippen LogP contribution in [0, 0.1) is 0 Å². The van der Waals surface area contributed by atoms with Gasteiger partial charge in [-0.1, -0.05) is 0 Å². The van der Waals surface area contributed by atoms with Crippen molar-refractivity contribution in [2.75, 3.05) is 13.7 Å². The Labute approximate surface area is 100 Å². The number of rotatable bonds is 3. The van der Waals surface area contributed by atoms with Crippen molar-refractivity contribution in [3.05, 3.63) is 41.4 Å². The molecule has 0 fully saturated rings. The first-order chi connectivity index (χ1) is 8.20. The van der Waals surface area contributed by atoms with Crippen LogP contribution in [0.15, 0.2) is 35.2 Å². The second-order valence-electron chi connectivity index (χ2n) is 3.82. The number of hydrogen-bond donors (Lipinski definition) is 0. The molecule has 17 heavy (non-hydrogen) atoms. The molecular weight excluding hydrogens is 216 g/mol. The molecular formula is C13H14N2O2. The lowest BCUT2D eigenvalue weighted by atomic mass is 10.1. The number of carbonyl (C=O) groups is 1. The Kier molecular flexibility index (Phi) is 3.32. The number of Topliss-reactive ketones (excluding diaryl/α,β-unsaturated/α-hetero) is 1. The monoisotopic (exact) mass is 230 g/mol. The molecule has 0 unspecified atom stereocenters. The van der Waals surface area contributed by atoms with Crippen LogP contribution in [0.1, 0.15) is 29.4 Å². The van der Waals surface area contributed by atoms with Gasteiger partial charge in [0.15, 0.2) is 5.78 Å². The number of methoxy groups -OCH3 is 1. The summed E-state index contributed by atoms with van der Waals surface area (Å²) in [7, 11) is 1.65. The fourth-order valence-corrected chi connectivity index (χ4v) is 1.63. The fraction of sp³-hybridized carbons (Fsp3) is 0.308. The number of hydrogen-bond acceptors (Lipinski definition) is 4. The summed E-state index contributed by atoms with van der Waals surface area (Å²) in [6, 6.07) is 3.58. The van der Waals surface area contributed by atoms with Gasteiger partial charge in [0.05, 0.1) is 24.3 Å². The number of carbonyl (C=O) groups excluding carboxylic acids is 1. The standard InChI is InChI=1S/C13H14N2O2/c1-9(16)10-3-4-12(15-8-10)13-7-11(17-2)5-6-14-13/h3-4,7-8H,5-6H2,1-2H3.